The number of rotatable bonds is 7. The van der Waals surface area contributed by atoms with E-state index < -0.39 is 39.8 Å². The van der Waals surface area contributed by atoms with Crippen LogP contribution in [0.3, 0.4) is 0 Å². The van der Waals surface area contributed by atoms with Gasteiger partial charge in [-0.25, -0.2) is 13.1 Å². The second kappa shape index (κ2) is 9.04. The van der Waals surface area contributed by atoms with Crippen molar-refractivity contribution in [1.82, 2.24) is 14.8 Å². The molecule has 2 heterocycles. The van der Waals surface area contributed by atoms with E-state index in [1.807, 2.05) is 0 Å². The molecule has 0 aliphatic carbocycles. The van der Waals surface area contributed by atoms with Gasteiger partial charge in [-0.15, -0.1) is 0 Å². The summed E-state index contributed by atoms with van der Waals surface area (Å²) < 4.78 is 77.8. The molecule has 12 heteroatoms. The Labute approximate surface area is 183 Å². The van der Waals surface area contributed by atoms with Gasteiger partial charge >= 0.3 is 6.18 Å². The third-order valence-corrected chi connectivity index (χ3v) is 6.75. The monoisotopic (exact) mass is 473 g/mol. The number of aryl methyl sites for hydroxylation is 2. The zero-order valence-electron chi connectivity index (χ0n) is 17.3. The SMILES string of the molecule is C=CC(=O)N1C[C@@H](NS(=O)(=O)c2c(C)noc2C)[C@H](OCc2cccc(C(F)(F)F)c2)C1. The fourth-order valence-electron chi connectivity index (χ4n) is 3.52. The van der Waals surface area contributed by atoms with Crippen LogP contribution in [0.15, 0.2) is 46.3 Å². The maximum Gasteiger partial charge on any atom is 0.416 e. The number of hydrogen-bond donors (Lipinski definition) is 1. The molecule has 1 saturated heterocycles. The molecular weight excluding hydrogens is 451 g/mol. The van der Waals surface area contributed by atoms with Gasteiger partial charge in [-0.1, -0.05) is 23.9 Å². The van der Waals surface area contributed by atoms with Gasteiger partial charge in [0.2, 0.25) is 15.9 Å². The predicted octanol–water partition coefficient (Wildman–Crippen LogP) is 2.57. The van der Waals surface area contributed by atoms with E-state index in [-0.39, 0.29) is 41.6 Å². The van der Waals surface area contributed by atoms with Crippen LogP contribution in [-0.4, -0.2) is 49.6 Å². The molecule has 1 aliphatic rings. The maximum absolute atomic E-state index is 13.0. The molecule has 8 nitrogen and oxygen atoms in total. The topological polar surface area (TPSA) is 102 Å². The molecule has 1 amide bonds. The standard InChI is InChI=1S/C20H22F3N3O5S/c1-4-18(27)26-9-16(25-32(28,29)19-12(2)24-31-13(19)3)17(10-26)30-11-14-6-5-7-15(8-14)20(21,22)23/h4-8,16-17,25H,1,9-11H2,2-3H3/t16-,17-/m1/s1. The van der Waals surface area contributed by atoms with Crippen molar-refractivity contribution in [1.29, 1.82) is 0 Å². The molecule has 0 bridgehead atoms. The fourth-order valence-corrected chi connectivity index (χ4v) is 5.11. The highest BCUT2D eigenvalue weighted by Crippen LogP contribution is 2.30. The lowest BCUT2D eigenvalue weighted by atomic mass is 10.1. The number of halogens is 3. The van der Waals surface area contributed by atoms with Crippen molar-refractivity contribution in [3.63, 3.8) is 0 Å². The quantitative estimate of drug-likeness (QED) is 0.621. The Hall–Kier alpha value is -2.70. The van der Waals surface area contributed by atoms with Gasteiger partial charge in [0.05, 0.1) is 24.3 Å². The van der Waals surface area contributed by atoms with Crippen LogP contribution in [0, 0.1) is 13.8 Å². The number of carbonyl (C=O) groups excluding carboxylic acids is 1. The van der Waals surface area contributed by atoms with Gasteiger partial charge < -0.3 is 14.2 Å². The third-order valence-electron chi connectivity index (χ3n) is 5.01. The second-order valence-electron chi connectivity index (χ2n) is 7.38. The van der Waals surface area contributed by atoms with Crippen molar-refractivity contribution in [3.05, 3.63) is 59.5 Å². The largest absolute Gasteiger partial charge is 0.416 e. The van der Waals surface area contributed by atoms with E-state index in [1.54, 1.807) is 0 Å². The highest BCUT2D eigenvalue weighted by atomic mass is 32.2. The van der Waals surface area contributed by atoms with Gasteiger partial charge in [0.25, 0.3) is 0 Å². The minimum absolute atomic E-state index is 0.000710. The summed E-state index contributed by atoms with van der Waals surface area (Å²) in [5, 5.41) is 3.64. The van der Waals surface area contributed by atoms with Crippen molar-refractivity contribution < 1.29 is 35.6 Å². The molecule has 2 atom stereocenters. The lowest BCUT2D eigenvalue weighted by molar-refractivity contribution is -0.137. The van der Waals surface area contributed by atoms with Crippen molar-refractivity contribution >= 4 is 15.9 Å². The lowest BCUT2D eigenvalue weighted by Crippen LogP contribution is -2.44. The Morgan fingerprint density at radius 2 is 2.09 bits per heavy atom. The number of carbonyl (C=O) groups is 1. The van der Waals surface area contributed by atoms with Crippen LogP contribution in [0.1, 0.15) is 22.6 Å². The average Bonchev–Trinajstić information content (AvgIpc) is 3.27. The summed E-state index contributed by atoms with van der Waals surface area (Å²) >= 11 is 0. The fraction of sp³-hybridized carbons (Fsp3) is 0.400. The summed E-state index contributed by atoms with van der Waals surface area (Å²) in [6.45, 7) is 6.20. The van der Waals surface area contributed by atoms with Gasteiger partial charge in [-0.05, 0) is 37.6 Å². The van der Waals surface area contributed by atoms with Gasteiger partial charge in [-0.3, -0.25) is 4.79 Å². The number of likely N-dealkylation sites (tertiary alicyclic amines) is 1. The second-order valence-corrected chi connectivity index (χ2v) is 9.03. The molecule has 1 fully saturated rings. The Bertz CT molecular complexity index is 1090. The number of ether oxygens (including phenoxy) is 1. The number of hydrogen-bond acceptors (Lipinski definition) is 6. The summed E-state index contributed by atoms with van der Waals surface area (Å²) in [5.41, 5.74) is -0.377. The molecule has 174 valence electrons. The van der Waals surface area contributed by atoms with E-state index >= 15 is 0 Å². The van der Waals surface area contributed by atoms with E-state index in [9.17, 15) is 26.4 Å². The van der Waals surface area contributed by atoms with Gasteiger partial charge in [0.1, 0.15) is 10.6 Å². The van der Waals surface area contributed by atoms with E-state index in [0.717, 1.165) is 18.2 Å². The molecule has 0 radical (unpaired) electrons. The van der Waals surface area contributed by atoms with Gasteiger partial charge in [0.15, 0.2) is 5.76 Å². The number of aromatic nitrogens is 1. The number of sulfonamides is 1. The minimum atomic E-state index is -4.50. The Morgan fingerprint density at radius 3 is 2.69 bits per heavy atom. The smallest absolute Gasteiger partial charge is 0.370 e. The number of nitrogens with zero attached hydrogens (tertiary/aromatic N) is 2. The van der Waals surface area contributed by atoms with Gasteiger partial charge in [0, 0.05) is 13.1 Å². The first kappa shape index (κ1) is 24.0. The molecule has 2 aromatic rings. The summed E-state index contributed by atoms with van der Waals surface area (Å²) in [6, 6.07) is 3.80. The number of amides is 1. The molecule has 1 aromatic heterocycles. The van der Waals surface area contributed by atoms with Crippen molar-refractivity contribution in [3.8, 4) is 0 Å². The first-order valence-corrected chi connectivity index (χ1v) is 11.0. The highest BCUT2D eigenvalue weighted by Gasteiger charge is 2.39. The van der Waals surface area contributed by atoms with Crippen LogP contribution in [0.2, 0.25) is 0 Å². The van der Waals surface area contributed by atoms with E-state index in [1.165, 1.54) is 30.9 Å². The van der Waals surface area contributed by atoms with Gasteiger partial charge in [-0.2, -0.15) is 13.2 Å². The van der Waals surface area contributed by atoms with E-state index in [2.05, 4.69) is 16.5 Å². The zero-order chi connectivity index (χ0) is 23.7. The van der Waals surface area contributed by atoms with Crippen LogP contribution >= 0.6 is 0 Å². The van der Waals surface area contributed by atoms with Crippen LogP contribution in [0.5, 0.6) is 0 Å². The number of nitrogens with one attached hydrogen (secondary N) is 1. The molecule has 1 N–H and O–H groups in total. The van der Waals surface area contributed by atoms with Crippen LogP contribution in [-0.2, 0) is 32.3 Å². The van der Waals surface area contributed by atoms with Crippen LogP contribution in [0.25, 0.3) is 0 Å². The lowest BCUT2D eigenvalue weighted by Gasteiger charge is -2.20. The van der Waals surface area contributed by atoms with Crippen LogP contribution in [0.4, 0.5) is 13.2 Å². The molecule has 0 spiro atoms. The maximum atomic E-state index is 13.0. The van der Waals surface area contributed by atoms with Crippen LogP contribution < -0.4 is 4.72 Å². The van der Waals surface area contributed by atoms with Crippen molar-refractivity contribution in [2.45, 2.75) is 43.7 Å². The average molecular weight is 473 g/mol. The molecular formula is C20H22F3N3O5S. The Kier molecular flexibility index (Phi) is 6.77. The number of alkyl halides is 3. The molecule has 3 rings (SSSR count). The first-order valence-electron chi connectivity index (χ1n) is 9.56. The van der Waals surface area contributed by atoms with Crippen molar-refractivity contribution in [2.24, 2.45) is 0 Å². The van der Waals surface area contributed by atoms with E-state index in [0.29, 0.717) is 0 Å². The summed E-state index contributed by atoms with van der Waals surface area (Å²) in [5.74, 6) is -0.315. The molecule has 32 heavy (non-hydrogen) atoms. The highest BCUT2D eigenvalue weighted by molar-refractivity contribution is 7.89. The van der Waals surface area contributed by atoms with Crippen molar-refractivity contribution in [2.75, 3.05) is 13.1 Å². The summed E-state index contributed by atoms with van der Waals surface area (Å²) in [4.78, 5) is 13.3. The Morgan fingerprint density at radius 1 is 1.38 bits per heavy atom. The van der Waals surface area contributed by atoms with E-state index in [4.69, 9.17) is 9.26 Å². The predicted molar refractivity (Wildman–Crippen MR) is 107 cm³/mol. The normalized spacial score (nSPS) is 19.3. The minimum Gasteiger partial charge on any atom is -0.370 e. The summed E-state index contributed by atoms with van der Waals surface area (Å²) in [7, 11) is -4.06. The first-order chi connectivity index (χ1) is 14.9. The molecule has 0 saturated carbocycles. The molecule has 1 aliphatic heterocycles. The Balaban J connectivity index is 1.79. The molecule has 0 unspecified atom stereocenters. The summed E-state index contributed by atoms with van der Waals surface area (Å²) in [6.07, 6.45) is -4.21. The third kappa shape index (κ3) is 5.19. The zero-order valence-corrected chi connectivity index (χ0v) is 18.2. The molecule has 1 aromatic carbocycles. The number of benzene rings is 1.